The third-order valence-corrected chi connectivity index (χ3v) is 2.36. The highest BCUT2D eigenvalue weighted by Gasteiger charge is 2.17. The molecule has 0 bridgehead atoms. The van der Waals surface area contributed by atoms with E-state index in [0.717, 1.165) is 0 Å². The molecule has 0 fully saturated rings. The van der Waals surface area contributed by atoms with Crippen molar-refractivity contribution >= 4 is 11.9 Å². The van der Waals surface area contributed by atoms with Crippen LogP contribution in [0.4, 0.5) is 0 Å². The molecule has 0 aliphatic carbocycles. The molecule has 90 valence electrons. The van der Waals surface area contributed by atoms with E-state index in [1.807, 2.05) is 6.92 Å². The lowest BCUT2D eigenvalue weighted by molar-refractivity contribution is -0.134. The lowest BCUT2D eigenvalue weighted by Gasteiger charge is -2.11. The average molecular weight is 226 g/mol. The summed E-state index contributed by atoms with van der Waals surface area (Å²) < 4.78 is 0. The lowest BCUT2D eigenvalue weighted by Crippen LogP contribution is -2.11. The molecule has 16 heavy (non-hydrogen) atoms. The molecule has 0 saturated carbocycles. The van der Waals surface area contributed by atoms with Gasteiger partial charge >= 0.3 is 11.9 Å². The average Bonchev–Trinajstić information content (AvgIpc) is 2.22. The van der Waals surface area contributed by atoms with Crippen LogP contribution in [0.5, 0.6) is 0 Å². The fourth-order valence-corrected chi connectivity index (χ4v) is 1.40. The van der Waals surface area contributed by atoms with Crippen molar-refractivity contribution in [2.24, 2.45) is 5.92 Å². The van der Waals surface area contributed by atoms with E-state index in [-0.39, 0.29) is 11.1 Å². The Morgan fingerprint density at radius 3 is 2.12 bits per heavy atom. The van der Waals surface area contributed by atoms with E-state index < -0.39 is 17.9 Å². The van der Waals surface area contributed by atoms with Gasteiger partial charge in [0.2, 0.25) is 0 Å². The van der Waals surface area contributed by atoms with Gasteiger partial charge in [0, 0.05) is 17.1 Å². The summed E-state index contributed by atoms with van der Waals surface area (Å²) in [5, 5.41) is 17.7. The summed E-state index contributed by atoms with van der Waals surface area (Å²) >= 11 is 0. The summed E-state index contributed by atoms with van der Waals surface area (Å²) in [6, 6.07) is 0. The third-order valence-electron chi connectivity index (χ3n) is 2.36. The van der Waals surface area contributed by atoms with Gasteiger partial charge in [0.1, 0.15) is 0 Å². The minimum absolute atomic E-state index is 0.0392. The van der Waals surface area contributed by atoms with Crippen molar-refractivity contribution in [3.8, 4) is 0 Å². The van der Waals surface area contributed by atoms with Gasteiger partial charge in [0.25, 0.3) is 0 Å². The summed E-state index contributed by atoms with van der Waals surface area (Å²) in [4.78, 5) is 21.6. The molecule has 0 saturated heterocycles. The fourth-order valence-electron chi connectivity index (χ4n) is 1.40. The van der Waals surface area contributed by atoms with Gasteiger partial charge in [-0.05, 0) is 12.8 Å². The number of allylic oxidation sites excluding steroid dienone is 1. The molecular formula is C12H18O4. The summed E-state index contributed by atoms with van der Waals surface area (Å²) in [5.41, 5.74) is 0.300. The van der Waals surface area contributed by atoms with Crippen LogP contribution in [0.2, 0.25) is 0 Å². The van der Waals surface area contributed by atoms with E-state index in [4.69, 9.17) is 10.2 Å². The first-order valence-electron chi connectivity index (χ1n) is 5.30. The maximum atomic E-state index is 10.9. The normalized spacial score (nSPS) is 13.2. The maximum Gasteiger partial charge on any atom is 0.331 e. The Hall–Kier alpha value is -1.58. The highest BCUT2D eigenvalue weighted by Crippen LogP contribution is 2.19. The lowest BCUT2D eigenvalue weighted by atomic mass is 9.94. The van der Waals surface area contributed by atoms with Crippen LogP contribution in [0.3, 0.4) is 0 Å². The molecule has 0 aromatic carbocycles. The molecule has 0 aliphatic heterocycles. The van der Waals surface area contributed by atoms with E-state index in [1.54, 1.807) is 6.92 Å². The van der Waals surface area contributed by atoms with Crippen LogP contribution in [0.25, 0.3) is 0 Å². The Balaban J connectivity index is 4.95. The second-order valence-electron chi connectivity index (χ2n) is 3.59. The Bertz CT molecular complexity index is 315. The Kier molecular flexibility index (Phi) is 6.15. The molecule has 0 amide bonds. The van der Waals surface area contributed by atoms with Crippen molar-refractivity contribution < 1.29 is 19.8 Å². The first-order chi connectivity index (χ1) is 7.43. The molecule has 0 radical (unpaired) electrons. The third kappa shape index (κ3) is 4.29. The zero-order valence-electron chi connectivity index (χ0n) is 9.69. The van der Waals surface area contributed by atoms with Crippen LogP contribution >= 0.6 is 0 Å². The van der Waals surface area contributed by atoms with Crippen LogP contribution in [-0.2, 0) is 9.59 Å². The standard InChI is InChI=1S/C12H18O4/c1-4-6-10(12(15)16)7-9(5-2)8(3)11(13)14/h7,9H,3-6H2,1-2H3,(H,13,14)(H,15,16). The SMILES string of the molecule is C=C(C(=O)O)C(C=C(CCC)C(=O)O)CC. The van der Waals surface area contributed by atoms with Gasteiger partial charge in [-0.3, -0.25) is 0 Å². The minimum Gasteiger partial charge on any atom is -0.478 e. The quantitative estimate of drug-likeness (QED) is 0.654. The van der Waals surface area contributed by atoms with Crippen molar-refractivity contribution in [2.75, 3.05) is 0 Å². The van der Waals surface area contributed by atoms with Gasteiger partial charge in [0.15, 0.2) is 0 Å². The van der Waals surface area contributed by atoms with Crippen molar-refractivity contribution in [3.63, 3.8) is 0 Å². The molecule has 0 aliphatic rings. The number of carboxylic acids is 2. The van der Waals surface area contributed by atoms with Crippen LogP contribution in [0.15, 0.2) is 23.8 Å². The summed E-state index contributed by atoms with van der Waals surface area (Å²) in [5.74, 6) is -2.47. The molecule has 0 rings (SSSR count). The predicted octanol–water partition coefficient (Wildman–Crippen LogP) is 2.46. The second kappa shape index (κ2) is 6.82. The molecule has 4 heteroatoms. The van der Waals surface area contributed by atoms with Gasteiger partial charge in [-0.25, -0.2) is 9.59 Å². The van der Waals surface area contributed by atoms with Crippen LogP contribution in [0.1, 0.15) is 33.1 Å². The molecule has 0 aromatic rings. The zero-order chi connectivity index (χ0) is 12.7. The van der Waals surface area contributed by atoms with Gasteiger partial charge in [-0.15, -0.1) is 0 Å². The molecular weight excluding hydrogens is 208 g/mol. The van der Waals surface area contributed by atoms with Crippen molar-refractivity contribution in [1.29, 1.82) is 0 Å². The Morgan fingerprint density at radius 1 is 1.25 bits per heavy atom. The molecule has 0 spiro atoms. The van der Waals surface area contributed by atoms with Crippen LogP contribution < -0.4 is 0 Å². The summed E-state index contributed by atoms with van der Waals surface area (Å²) in [7, 11) is 0. The number of aliphatic carboxylic acids is 2. The smallest absolute Gasteiger partial charge is 0.331 e. The monoisotopic (exact) mass is 226 g/mol. The number of carbonyl (C=O) groups is 2. The van der Waals surface area contributed by atoms with Crippen molar-refractivity contribution in [1.82, 2.24) is 0 Å². The van der Waals surface area contributed by atoms with E-state index in [2.05, 4.69) is 6.58 Å². The molecule has 2 N–H and O–H groups in total. The first-order valence-corrected chi connectivity index (χ1v) is 5.30. The van der Waals surface area contributed by atoms with Gasteiger partial charge in [-0.1, -0.05) is 32.9 Å². The molecule has 0 heterocycles. The van der Waals surface area contributed by atoms with Crippen molar-refractivity contribution in [2.45, 2.75) is 33.1 Å². The highest BCUT2D eigenvalue weighted by molar-refractivity contribution is 5.89. The van der Waals surface area contributed by atoms with E-state index in [9.17, 15) is 9.59 Å². The molecule has 0 aromatic heterocycles. The fraction of sp³-hybridized carbons (Fsp3) is 0.500. The van der Waals surface area contributed by atoms with Gasteiger partial charge in [0.05, 0.1) is 0 Å². The topological polar surface area (TPSA) is 74.6 Å². The summed E-state index contributed by atoms with van der Waals surface area (Å²) in [6.45, 7) is 7.15. The van der Waals surface area contributed by atoms with Gasteiger partial charge < -0.3 is 10.2 Å². The number of hydrogen-bond donors (Lipinski definition) is 2. The zero-order valence-corrected chi connectivity index (χ0v) is 9.69. The van der Waals surface area contributed by atoms with E-state index in [0.29, 0.717) is 19.3 Å². The molecule has 1 atom stereocenters. The first kappa shape index (κ1) is 14.4. The second-order valence-corrected chi connectivity index (χ2v) is 3.59. The summed E-state index contributed by atoms with van der Waals surface area (Å²) in [6.07, 6.45) is 3.20. The molecule has 4 nitrogen and oxygen atoms in total. The Labute approximate surface area is 95.3 Å². The predicted molar refractivity (Wildman–Crippen MR) is 61.2 cm³/mol. The maximum absolute atomic E-state index is 10.9. The van der Waals surface area contributed by atoms with Crippen LogP contribution in [0, 0.1) is 5.92 Å². The van der Waals surface area contributed by atoms with Crippen LogP contribution in [-0.4, -0.2) is 22.2 Å². The Morgan fingerprint density at radius 2 is 1.81 bits per heavy atom. The highest BCUT2D eigenvalue weighted by atomic mass is 16.4. The van der Waals surface area contributed by atoms with E-state index in [1.165, 1.54) is 6.08 Å². The molecule has 1 unspecified atom stereocenters. The van der Waals surface area contributed by atoms with E-state index >= 15 is 0 Å². The minimum atomic E-state index is -1.08. The van der Waals surface area contributed by atoms with Crippen molar-refractivity contribution in [3.05, 3.63) is 23.8 Å². The number of rotatable bonds is 7. The number of carboxylic acid groups (broad SMARTS) is 2. The largest absolute Gasteiger partial charge is 0.478 e. The van der Waals surface area contributed by atoms with Gasteiger partial charge in [-0.2, -0.15) is 0 Å². The number of hydrogen-bond acceptors (Lipinski definition) is 2.